The van der Waals surface area contributed by atoms with Crippen molar-refractivity contribution in [3.8, 4) is 5.75 Å². The summed E-state index contributed by atoms with van der Waals surface area (Å²) in [7, 11) is 0. The zero-order valence-electron chi connectivity index (χ0n) is 21.8. The molecule has 5 nitrogen and oxygen atoms in total. The molecule has 0 saturated heterocycles. The zero-order chi connectivity index (χ0) is 26.9. The van der Waals surface area contributed by atoms with Gasteiger partial charge in [0.2, 0.25) is 5.91 Å². The van der Waals surface area contributed by atoms with E-state index in [1.54, 1.807) is 24.3 Å². The molecular weight excluding hydrogens is 491 g/mol. The van der Waals surface area contributed by atoms with Gasteiger partial charge in [-0.15, -0.1) is 0 Å². The Balaban J connectivity index is 1.92. The molecule has 0 bridgehead atoms. The van der Waals surface area contributed by atoms with E-state index in [4.69, 9.17) is 16.3 Å². The number of carbonyl (C=O) groups is 2. The summed E-state index contributed by atoms with van der Waals surface area (Å²) in [6.45, 7) is 7.54. The number of benzene rings is 3. The number of nitrogens with one attached hydrogen (secondary N) is 1. The molecular formula is C30H34ClFN2O3. The maximum atomic E-state index is 13.6. The zero-order valence-corrected chi connectivity index (χ0v) is 22.5. The molecule has 0 aliphatic carbocycles. The molecule has 196 valence electrons. The monoisotopic (exact) mass is 524 g/mol. The van der Waals surface area contributed by atoms with Crippen molar-refractivity contribution in [2.75, 3.05) is 6.61 Å². The van der Waals surface area contributed by atoms with Crippen molar-refractivity contribution in [1.29, 1.82) is 0 Å². The summed E-state index contributed by atoms with van der Waals surface area (Å²) in [6.07, 6.45) is 1.09. The quantitative estimate of drug-likeness (QED) is 0.333. The van der Waals surface area contributed by atoms with E-state index >= 15 is 0 Å². The van der Waals surface area contributed by atoms with Crippen LogP contribution in [-0.4, -0.2) is 35.4 Å². The topological polar surface area (TPSA) is 58.6 Å². The summed E-state index contributed by atoms with van der Waals surface area (Å²) in [5.41, 5.74) is 3.33. The Labute approximate surface area is 223 Å². The molecule has 3 rings (SSSR count). The maximum absolute atomic E-state index is 13.6. The molecule has 2 unspecified atom stereocenters. The highest BCUT2D eigenvalue weighted by Crippen LogP contribution is 2.26. The number of carbonyl (C=O) groups excluding carboxylic acids is 2. The molecule has 3 aromatic carbocycles. The van der Waals surface area contributed by atoms with E-state index in [2.05, 4.69) is 5.32 Å². The lowest BCUT2D eigenvalue weighted by molar-refractivity contribution is -0.143. The van der Waals surface area contributed by atoms with E-state index < -0.39 is 6.04 Å². The largest absolute Gasteiger partial charge is 0.484 e. The number of halogens is 2. The number of aryl methyl sites for hydroxylation is 2. The predicted octanol–water partition coefficient (Wildman–Crippen LogP) is 6.03. The number of nitrogens with zero attached hydrogens (tertiary/aromatic N) is 1. The van der Waals surface area contributed by atoms with Gasteiger partial charge in [0.05, 0.1) is 0 Å². The number of amides is 2. The number of ether oxygens (including phenoxy) is 1. The summed E-state index contributed by atoms with van der Waals surface area (Å²) < 4.78 is 19.4. The molecule has 7 heteroatoms. The average molecular weight is 525 g/mol. The van der Waals surface area contributed by atoms with Crippen molar-refractivity contribution >= 4 is 23.4 Å². The molecule has 3 aromatic rings. The molecule has 0 spiro atoms. The third kappa shape index (κ3) is 8.05. The fourth-order valence-electron chi connectivity index (χ4n) is 4.00. The molecule has 2 amide bonds. The minimum Gasteiger partial charge on any atom is -0.484 e. The molecule has 0 heterocycles. The number of hydrogen-bond acceptors (Lipinski definition) is 3. The molecule has 1 N–H and O–H groups in total. The highest BCUT2D eigenvalue weighted by Gasteiger charge is 2.31. The normalized spacial score (nSPS) is 12.5. The van der Waals surface area contributed by atoms with Crippen LogP contribution in [0, 0.1) is 19.7 Å². The van der Waals surface area contributed by atoms with Crippen LogP contribution in [0.1, 0.15) is 42.5 Å². The SMILES string of the molecule is CCC(C)NC(=O)C(Cc1ccccc1)N(Cc1ccc(F)cc1)C(=O)COc1cc(C)c(Cl)c(C)c1. The van der Waals surface area contributed by atoms with Crippen LogP contribution in [0.2, 0.25) is 5.02 Å². The molecule has 0 aliphatic heterocycles. The first-order valence-corrected chi connectivity index (χ1v) is 12.8. The van der Waals surface area contributed by atoms with Crippen molar-refractivity contribution in [3.63, 3.8) is 0 Å². The van der Waals surface area contributed by atoms with Crippen LogP contribution in [0.25, 0.3) is 0 Å². The second kappa shape index (κ2) is 13.2. The van der Waals surface area contributed by atoms with Crippen LogP contribution in [0.5, 0.6) is 5.75 Å². The minimum absolute atomic E-state index is 0.0511. The van der Waals surface area contributed by atoms with E-state index in [0.29, 0.717) is 22.8 Å². The lowest BCUT2D eigenvalue weighted by atomic mass is 10.0. The van der Waals surface area contributed by atoms with Crippen molar-refractivity contribution in [2.24, 2.45) is 0 Å². The van der Waals surface area contributed by atoms with Gasteiger partial charge in [-0.2, -0.15) is 0 Å². The van der Waals surface area contributed by atoms with E-state index in [1.165, 1.54) is 17.0 Å². The van der Waals surface area contributed by atoms with Gasteiger partial charge >= 0.3 is 0 Å². The van der Waals surface area contributed by atoms with Gasteiger partial charge in [-0.25, -0.2) is 4.39 Å². The molecule has 0 radical (unpaired) electrons. The van der Waals surface area contributed by atoms with Gasteiger partial charge in [0.1, 0.15) is 17.6 Å². The Bertz CT molecular complexity index is 1180. The molecule has 0 aromatic heterocycles. The molecule has 0 fully saturated rings. The van der Waals surface area contributed by atoms with Crippen LogP contribution in [0.3, 0.4) is 0 Å². The Morgan fingerprint density at radius 2 is 1.62 bits per heavy atom. The van der Waals surface area contributed by atoms with E-state index in [1.807, 2.05) is 58.0 Å². The van der Waals surface area contributed by atoms with Crippen LogP contribution in [-0.2, 0) is 22.6 Å². The fraction of sp³-hybridized carbons (Fsp3) is 0.333. The minimum atomic E-state index is -0.786. The predicted molar refractivity (Wildman–Crippen MR) is 145 cm³/mol. The summed E-state index contributed by atoms with van der Waals surface area (Å²) in [5, 5.41) is 3.68. The first-order chi connectivity index (χ1) is 17.7. The van der Waals surface area contributed by atoms with Gasteiger partial charge in [-0.1, -0.05) is 61.0 Å². The first kappa shape index (κ1) is 28.2. The van der Waals surface area contributed by atoms with Crippen molar-refractivity contribution in [3.05, 3.63) is 99.8 Å². The lowest BCUT2D eigenvalue weighted by Gasteiger charge is -2.32. The van der Waals surface area contributed by atoms with Crippen molar-refractivity contribution in [2.45, 2.75) is 59.2 Å². The average Bonchev–Trinajstić information content (AvgIpc) is 2.89. The van der Waals surface area contributed by atoms with Crippen molar-refractivity contribution < 1.29 is 18.7 Å². The van der Waals surface area contributed by atoms with Crippen LogP contribution in [0.15, 0.2) is 66.7 Å². The highest BCUT2D eigenvalue weighted by molar-refractivity contribution is 6.32. The maximum Gasteiger partial charge on any atom is 0.261 e. The van der Waals surface area contributed by atoms with Crippen molar-refractivity contribution in [1.82, 2.24) is 10.2 Å². The summed E-state index contributed by atoms with van der Waals surface area (Å²) >= 11 is 6.27. The van der Waals surface area contributed by atoms with E-state index in [9.17, 15) is 14.0 Å². The molecule has 2 atom stereocenters. The number of rotatable bonds is 11. The third-order valence-corrected chi connectivity index (χ3v) is 6.91. The summed E-state index contributed by atoms with van der Waals surface area (Å²) in [6, 6.07) is 18.2. The lowest BCUT2D eigenvalue weighted by Crippen LogP contribution is -2.53. The van der Waals surface area contributed by atoms with Gasteiger partial charge in [0, 0.05) is 24.0 Å². The highest BCUT2D eigenvalue weighted by atomic mass is 35.5. The first-order valence-electron chi connectivity index (χ1n) is 12.5. The fourth-order valence-corrected chi connectivity index (χ4v) is 4.11. The van der Waals surface area contributed by atoms with E-state index in [-0.39, 0.29) is 36.8 Å². The van der Waals surface area contributed by atoms with Gasteiger partial charge in [-0.3, -0.25) is 9.59 Å². The van der Waals surface area contributed by atoms with Gasteiger partial charge in [0.15, 0.2) is 6.61 Å². The third-order valence-electron chi connectivity index (χ3n) is 6.31. The standard InChI is InChI=1S/C30H34ClFN2O3/c1-5-22(4)33-30(36)27(17-23-9-7-6-8-10-23)34(18-24-11-13-25(32)14-12-24)28(35)19-37-26-15-20(2)29(31)21(3)16-26/h6-16,22,27H,5,17-19H2,1-4H3,(H,33,36). The summed E-state index contributed by atoms with van der Waals surface area (Å²) in [5.74, 6) is -0.436. The Hall–Kier alpha value is -3.38. The van der Waals surface area contributed by atoms with Gasteiger partial charge in [-0.05, 0) is 73.7 Å². The molecule has 0 saturated carbocycles. The second-order valence-corrected chi connectivity index (χ2v) is 9.71. The second-order valence-electron chi connectivity index (χ2n) is 9.33. The van der Waals surface area contributed by atoms with Crippen LogP contribution >= 0.6 is 11.6 Å². The molecule has 0 aliphatic rings. The van der Waals surface area contributed by atoms with E-state index in [0.717, 1.165) is 23.1 Å². The molecule has 37 heavy (non-hydrogen) atoms. The van der Waals surface area contributed by atoms with Crippen LogP contribution < -0.4 is 10.1 Å². The smallest absolute Gasteiger partial charge is 0.261 e. The van der Waals surface area contributed by atoms with Gasteiger partial charge in [0.25, 0.3) is 5.91 Å². The summed E-state index contributed by atoms with van der Waals surface area (Å²) in [4.78, 5) is 28.6. The van der Waals surface area contributed by atoms with Crippen LogP contribution in [0.4, 0.5) is 4.39 Å². The Morgan fingerprint density at radius 3 is 2.22 bits per heavy atom. The van der Waals surface area contributed by atoms with Gasteiger partial charge < -0.3 is 15.0 Å². The Kier molecular flexibility index (Phi) is 10.1. The number of hydrogen-bond donors (Lipinski definition) is 1. The Morgan fingerprint density at radius 1 is 1.00 bits per heavy atom.